The number of hydrogen-bond acceptors (Lipinski definition) is 5. The van der Waals surface area contributed by atoms with Crippen molar-refractivity contribution in [1.82, 2.24) is 20.0 Å². The highest BCUT2D eigenvalue weighted by molar-refractivity contribution is 5.97. The lowest BCUT2D eigenvalue weighted by molar-refractivity contribution is -0.115. The van der Waals surface area contributed by atoms with E-state index in [0.29, 0.717) is 5.69 Å². The molecule has 118 valence electrons. The van der Waals surface area contributed by atoms with Crippen LogP contribution in [0.1, 0.15) is 10.6 Å². The molecule has 2 aromatic heterocycles. The number of amides is 2. The molecule has 2 heterocycles. The molecule has 2 N–H and O–H groups in total. The molecule has 2 amide bonds. The van der Waals surface area contributed by atoms with Crippen molar-refractivity contribution in [2.24, 2.45) is 0 Å². The van der Waals surface area contributed by atoms with Crippen molar-refractivity contribution in [2.75, 3.05) is 32.5 Å². The summed E-state index contributed by atoms with van der Waals surface area (Å²) in [6, 6.07) is 3.14. The molecule has 0 aromatic carbocycles. The van der Waals surface area contributed by atoms with Gasteiger partial charge in [0.1, 0.15) is 0 Å². The largest absolute Gasteiger partial charge is 0.459 e. The van der Waals surface area contributed by atoms with E-state index < -0.39 is 5.91 Å². The fourth-order valence-corrected chi connectivity index (χ4v) is 1.71. The van der Waals surface area contributed by atoms with Crippen LogP contribution in [0.2, 0.25) is 0 Å². The van der Waals surface area contributed by atoms with E-state index in [0.717, 1.165) is 13.1 Å². The highest BCUT2D eigenvalue weighted by atomic mass is 16.3. The van der Waals surface area contributed by atoms with E-state index in [1.165, 1.54) is 12.3 Å². The topological polar surface area (TPSA) is 92.4 Å². The zero-order valence-corrected chi connectivity index (χ0v) is 12.6. The molecule has 0 unspecified atom stereocenters. The van der Waals surface area contributed by atoms with Crippen LogP contribution in [-0.4, -0.2) is 53.7 Å². The normalized spacial score (nSPS) is 10.7. The lowest BCUT2D eigenvalue weighted by Crippen LogP contribution is -2.32. The molecule has 0 spiro atoms. The molecule has 8 nitrogen and oxygen atoms in total. The van der Waals surface area contributed by atoms with Crippen molar-refractivity contribution in [3.63, 3.8) is 0 Å². The van der Waals surface area contributed by atoms with E-state index >= 15 is 0 Å². The third-order valence-electron chi connectivity index (χ3n) is 2.85. The van der Waals surface area contributed by atoms with Crippen molar-refractivity contribution >= 4 is 17.5 Å². The van der Waals surface area contributed by atoms with Gasteiger partial charge >= 0.3 is 0 Å². The first-order chi connectivity index (χ1) is 10.5. The molecule has 0 aliphatic carbocycles. The van der Waals surface area contributed by atoms with Crippen LogP contribution in [0.4, 0.5) is 5.69 Å². The second-order valence-corrected chi connectivity index (χ2v) is 5.00. The van der Waals surface area contributed by atoms with Gasteiger partial charge in [0.25, 0.3) is 5.91 Å². The van der Waals surface area contributed by atoms with Crippen LogP contribution < -0.4 is 10.6 Å². The average Bonchev–Trinajstić information content (AvgIpc) is 3.14. The molecule has 0 aliphatic rings. The minimum Gasteiger partial charge on any atom is -0.459 e. The average molecular weight is 305 g/mol. The van der Waals surface area contributed by atoms with Crippen LogP contribution in [0.5, 0.6) is 0 Å². The minimum absolute atomic E-state index is 0.136. The van der Waals surface area contributed by atoms with Gasteiger partial charge < -0.3 is 20.0 Å². The van der Waals surface area contributed by atoms with Gasteiger partial charge in [-0.25, -0.2) is 0 Å². The molecule has 0 atom stereocenters. The van der Waals surface area contributed by atoms with Crippen LogP contribution >= 0.6 is 0 Å². The Kier molecular flexibility index (Phi) is 5.31. The van der Waals surface area contributed by atoms with Gasteiger partial charge in [-0.2, -0.15) is 5.10 Å². The zero-order chi connectivity index (χ0) is 15.9. The number of hydrogen-bond donors (Lipinski definition) is 2. The third kappa shape index (κ3) is 4.74. The summed E-state index contributed by atoms with van der Waals surface area (Å²) in [7, 11) is 3.96. The highest BCUT2D eigenvalue weighted by Gasteiger charge is 2.10. The highest BCUT2D eigenvalue weighted by Crippen LogP contribution is 2.04. The first kappa shape index (κ1) is 15.8. The number of nitrogens with zero attached hydrogens (tertiary/aromatic N) is 3. The smallest absolute Gasteiger partial charge is 0.287 e. The third-order valence-corrected chi connectivity index (χ3v) is 2.85. The molecule has 2 aromatic rings. The Bertz CT molecular complexity index is 618. The van der Waals surface area contributed by atoms with Crippen molar-refractivity contribution in [3.8, 4) is 0 Å². The SMILES string of the molecule is CN(C)CCn1cc(NC(=O)CNC(=O)c2ccco2)cn1. The lowest BCUT2D eigenvalue weighted by atomic mass is 10.4. The first-order valence-electron chi connectivity index (χ1n) is 6.83. The monoisotopic (exact) mass is 305 g/mol. The minimum atomic E-state index is -0.429. The molecule has 8 heteroatoms. The fourth-order valence-electron chi connectivity index (χ4n) is 1.71. The Labute approximate surface area is 128 Å². The Morgan fingerprint density at radius 2 is 2.23 bits per heavy atom. The Morgan fingerprint density at radius 1 is 1.41 bits per heavy atom. The summed E-state index contributed by atoms with van der Waals surface area (Å²) in [6.45, 7) is 1.45. The van der Waals surface area contributed by atoms with Crippen molar-refractivity contribution in [3.05, 3.63) is 36.5 Å². The number of likely N-dealkylation sites (N-methyl/N-ethyl adjacent to an activating group) is 1. The van der Waals surface area contributed by atoms with Crippen molar-refractivity contribution in [1.29, 1.82) is 0 Å². The van der Waals surface area contributed by atoms with E-state index in [1.54, 1.807) is 23.1 Å². The quantitative estimate of drug-likeness (QED) is 0.773. The lowest BCUT2D eigenvalue weighted by Gasteiger charge is -2.08. The van der Waals surface area contributed by atoms with E-state index in [9.17, 15) is 9.59 Å². The number of aromatic nitrogens is 2. The standard InChI is InChI=1S/C14H19N5O3/c1-18(2)5-6-19-10-11(8-16-19)17-13(20)9-15-14(21)12-4-3-7-22-12/h3-4,7-8,10H,5-6,9H2,1-2H3,(H,15,21)(H,17,20). The van der Waals surface area contributed by atoms with Crippen LogP contribution in [-0.2, 0) is 11.3 Å². The van der Waals surface area contributed by atoms with Crippen LogP contribution in [0, 0.1) is 0 Å². The summed E-state index contributed by atoms with van der Waals surface area (Å²) < 4.78 is 6.68. The first-order valence-corrected chi connectivity index (χ1v) is 6.83. The van der Waals surface area contributed by atoms with E-state index in [-0.39, 0.29) is 18.2 Å². The zero-order valence-electron chi connectivity index (χ0n) is 12.6. The fraction of sp³-hybridized carbons (Fsp3) is 0.357. The molecule has 2 rings (SSSR count). The molecule has 0 saturated heterocycles. The summed E-state index contributed by atoms with van der Waals surface area (Å²) in [5.41, 5.74) is 0.594. The molecule has 0 fully saturated rings. The van der Waals surface area contributed by atoms with Gasteiger partial charge in [-0.3, -0.25) is 14.3 Å². The Hall–Kier alpha value is -2.61. The number of anilines is 1. The number of carbonyl (C=O) groups is 2. The number of rotatable bonds is 7. The van der Waals surface area contributed by atoms with Gasteiger partial charge in [-0.05, 0) is 26.2 Å². The summed E-state index contributed by atoms with van der Waals surface area (Å²) in [4.78, 5) is 25.4. The van der Waals surface area contributed by atoms with Crippen LogP contribution in [0.25, 0.3) is 0 Å². The van der Waals surface area contributed by atoms with E-state index in [1.807, 2.05) is 19.0 Å². The second kappa shape index (κ2) is 7.41. The Morgan fingerprint density at radius 3 is 2.91 bits per heavy atom. The van der Waals surface area contributed by atoms with Crippen LogP contribution in [0.3, 0.4) is 0 Å². The Balaban J connectivity index is 1.76. The summed E-state index contributed by atoms with van der Waals surface area (Å²) in [5.74, 6) is -0.585. The maximum atomic E-state index is 11.8. The van der Waals surface area contributed by atoms with Gasteiger partial charge in [0.2, 0.25) is 5.91 Å². The summed E-state index contributed by atoms with van der Waals surface area (Å²) >= 11 is 0. The van der Waals surface area contributed by atoms with Gasteiger partial charge in [0, 0.05) is 12.7 Å². The van der Waals surface area contributed by atoms with Gasteiger partial charge in [-0.1, -0.05) is 0 Å². The number of furan rings is 1. The summed E-state index contributed by atoms with van der Waals surface area (Å²) in [6.07, 6.45) is 4.72. The predicted octanol–water partition coefficient (Wildman–Crippen LogP) is 0.406. The summed E-state index contributed by atoms with van der Waals surface area (Å²) in [5, 5.41) is 9.29. The molecule has 0 saturated carbocycles. The van der Waals surface area contributed by atoms with Crippen molar-refractivity contribution < 1.29 is 14.0 Å². The van der Waals surface area contributed by atoms with Crippen molar-refractivity contribution in [2.45, 2.75) is 6.54 Å². The predicted molar refractivity (Wildman–Crippen MR) is 80.5 cm³/mol. The maximum absolute atomic E-state index is 11.8. The van der Waals surface area contributed by atoms with E-state index in [4.69, 9.17) is 4.42 Å². The maximum Gasteiger partial charge on any atom is 0.287 e. The molecule has 0 bridgehead atoms. The van der Waals surface area contributed by atoms with Gasteiger partial charge in [0.05, 0.1) is 31.2 Å². The van der Waals surface area contributed by atoms with Crippen LogP contribution in [0.15, 0.2) is 35.2 Å². The van der Waals surface area contributed by atoms with Gasteiger partial charge in [-0.15, -0.1) is 0 Å². The number of carbonyl (C=O) groups excluding carboxylic acids is 2. The van der Waals surface area contributed by atoms with E-state index in [2.05, 4.69) is 15.7 Å². The second-order valence-electron chi connectivity index (χ2n) is 5.00. The number of nitrogens with one attached hydrogen (secondary N) is 2. The molecule has 0 aliphatic heterocycles. The van der Waals surface area contributed by atoms with Gasteiger partial charge in [0.15, 0.2) is 5.76 Å². The molecule has 0 radical (unpaired) electrons. The molecular formula is C14H19N5O3. The molecule has 22 heavy (non-hydrogen) atoms. The molecular weight excluding hydrogens is 286 g/mol.